The Balaban J connectivity index is 1.99. The summed E-state index contributed by atoms with van der Waals surface area (Å²) in [6, 6.07) is 0. The molecule has 3 heteroatoms. The first-order valence-corrected chi connectivity index (χ1v) is 7.19. The Morgan fingerprint density at radius 3 is 2.71 bits per heavy atom. The first kappa shape index (κ1) is 14.5. The van der Waals surface area contributed by atoms with E-state index in [0.29, 0.717) is 18.9 Å². The van der Waals surface area contributed by atoms with Crippen molar-refractivity contribution in [2.45, 2.75) is 58.3 Å². The van der Waals surface area contributed by atoms with Crippen molar-refractivity contribution in [2.24, 2.45) is 17.6 Å². The zero-order chi connectivity index (χ0) is 12.5. The van der Waals surface area contributed by atoms with Crippen molar-refractivity contribution >= 4 is 5.91 Å². The van der Waals surface area contributed by atoms with Crippen LogP contribution in [0, 0.1) is 11.8 Å². The highest BCUT2D eigenvalue weighted by atomic mass is 16.1. The molecule has 100 valence electrons. The molecule has 0 aliphatic heterocycles. The first-order valence-electron chi connectivity index (χ1n) is 7.19. The SMILES string of the molecule is CC(CN)CCC(=O)NCCC1CCCCC1. The average molecular weight is 240 g/mol. The lowest BCUT2D eigenvalue weighted by atomic mass is 9.87. The fraction of sp³-hybridized carbons (Fsp3) is 0.929. The molecule has 17 heavy (non-hydrogen) atoms. The molecule has 1 unspecified atom stereocenters. The van der Waals surface area contributed by atoms with Gasteiger partial charge in [-0.3, -0.25) is 4.79 Å². The van der Waals surface area contributed by atoms with Crippen LogP contribution in [0.1, 0.15) is 58.3 Å². The van der Waals surface area contributed by atoms with Crippen LogP contribution in [0.5, 0.6) is 0 Å². The predicted octanol–water partition coefficient (Wildman–Crippen LogP) is 2.45. The summed E-state index contributed by atoms with van der Waals surface area (Å²) in [5.41, 5.74) is 5.52. The molecule has 1 atom stereocenters. The van der Waals surface area contributed by atoms with Gasteiger partial charge in [-0.2, -0.15) is 0 Å². The number of hydrogen-bond donors (Lipinski definition) is 2. The second-order valence-electron chi connectivity index (χ2n) is 5.52. The Morgan fingerprint density at radius 1 is 1.35 bits per heavy atom. The van der Waals surface area contributed by atoms with Gasteiger partial charge in [0.05, 0.1) is 0 Å². The van der Waals surface area contributed by atoms with Crippen LogP contribution in [0.4, 0.5) is 0 Å². The van der Waals surface area contributed by atoms with Crippen LogP contribution < -0.4 is 11.1 Å². The van der Waals surface area contributed by atoms with Crippen LogP contribution in [0.15, 0.2) is 0 Å². The molecule has 0 radical (unpaired) electrons. The van der Waals surface area contributed by atoms with E-state index in [0.717, 1.165) is 25.3 Å². The molecule has 1 rings (SSSR count). The van der Waals surface area contributed by atoms with E-state index in [1.165, 1.54) is 32.1 Å². The van der Waals surface area contributed by atoms with Crippen LogP contribution in [-0.2, 0) is 4.79 Å². The second-order valence-corrected chi connectivity index (χ2v) is 5.52. The van der Waals surface area contributed by atoms with Crippen LogP contribution >= 0.6 is 0 Å². The van der Waals surface area contributed by atoms with Crippen molar-refractivity contribution < 1.29 is 4.79 Å². The lowest BCUT2D eigenvalue weighted by Crippen LogP contribution is -2.27. The van der Waals surface area contributed by atoms with Gasteiger partial charge in [0, 0.05) is 13.0 Å². The maximum Gasteiger partial charge on any atom is 0.220 e. The molecule has 1 aliphatic carbocycles. The molecule has 0 aromatic carbocycles. The predicted molar refractivity (Wildman–Crippen MR) is 71.7 cm³/mol. The van der Waals surface area contributed by atoms with Gasteiger partial charge in [-0.25, -0.2) is 0 Å². The Morgan fingerprint density at radius 2 is 2.06 bits per heavy atom. The van der Waals surface area contributed by atoms with Crippen LogP contribution in [0.3, 0.4) is 0 Å². The largest absolute Gasteiger partial charge is 0.356 e. The van der Waals surface area contributed by atoms with Gasteiger partial charge in [0.25, 0.3) is 0 Å². The van der Waals surface area contributed by atoms with E-state index in [2.05, 4.69) is 12.2 Å². The molecule has 0 aromatic heterocycles. The van der Waals surface area contributed by atoms with Crippen molar-refractivity contribution in [1.29, 1.82) is 0 Å². The van der Waals surface area contributed by atoms with E-state index >= 15 is 0 Å². The third-order valence-corrected chi connectivity index (χ3v) is 3.87. The van der Waals surface area contributed by atoms with Crippen molar-refractivity contribution in [3.8, 4) is 0 Å². The van der Waals surface area contributed by atoms with Gasteiger partial charge in [0.2, 0.25) is 5.91 Å². The van der Waals surface area contributed by atoms with Gasteiger partial charge in [0.1, 0.15) is 0 Å². The van der Waals surface area contributed by atoms with Gasteiger partial charge >= 0.3 is 0 Å². The molecule has 1 aliphatic rings. The van der Waals surface area contributed by atoms with Crippen molar-refractivity contribution in [2.75, 3.05) is 13.1 Å². The monoisotopic (exact) mass is 240 g/mol. The first-order chi connectivity index (χ1) is 8.22. The average Bonchev–Trinajstić information content (AvgIpc) is 2.37. The fourth-order valence-corrected chi connectivity index (χ4v) is 2.48. The minimum Gasteiger partial charge on any atom is -0.356 e. The zero-order valence-corrected chi connectivity index (χ0v) is 11.2. The molecule has 1 saturated carbocycles. The third kappa shape index (κ3) is 6.67. The molecule has 0 aromatic rings. The standard InChI is InChI=1S/C14H28N2O/c1-12(11-15)7-8-14(17)16-10-9-13-5-3-2-4-6-13/h12-13H,2-11,15H2,1H3,(H,16,17). The smallest absolute Gasteiger partial charge is 0.220 e. The Hall–Kier alpha value is -0.570. The summed E-state index contributed by atoms with van der Waals surface area (Å²) in [7, 11) is 0. The third-order valence-electron chi connectivity index (χ3n) is 3.87. The summed E-state index contributed by atoms with van der Waals surface area (Å²) >= 11 is 0. The van der Waals surface area contributed by atoms with E-state index in [9.17, 15) is 4.79 Å². The van der Waals surface area contributed by atoms with E-state index in [1.54, 1.807) is 0 Å². The van der Waals surface area contributed by atoms with Crippen molar-refractivity contribution in [3.05, 3.63) is 0 Å². The quantitative estimate of drug-likeness (QED) is 0.718. The highest BCUT2D eigenvalue weighted by Crippen LogP contribution is 2.25. The Labute approximate surface area is 106 Å². The summed E-state index contributed by atoms with van der Waals surface area (Å²) < 4.78 is 0. The highest BCUT2D eigenvalue weighted by molar-refractivity contribution is 5.75. The van der Waals surface area contributed by atoms with Gasteiger partial charge in [-0.05, 0) is 31.2 Å². The fourth-order valence-electron chi connectivity index (χ4n) is 2.48. The second kappa shape index (κ2) is 8.51. The summed E-state index contributed by atoms with van der Waals surface area (Å²) in [4.78, 5) is 11.6. The summed E-state index contributed by atoms with van der Waals surface area (Å²) in [6.45, 7) is 3.63. The van der Waals surface area contributed by atoms with Crippen LogP contribution in [0.25, 0.3) is 0 Å². The molecule has 0 heterocycles. The lowest BCUT2D eigenvalue weighted by molar-refractivity contribution is -0.121. The van der Waals surface area contributed by atoms with E-state index in [-0.39, 0.29) is 5.91 Å². The molecule has 1 fully saturated rings. The number of carbonyl (C=O) groups excluding carboxylic acids is 1. The molecule has 0 saturated heterocycles. The number of nitrogens with two attached hydrogens (primary N) is 1. The van der Waals surface area contributed by atoms with Gasteiger partial charge < -0.3 is 11.1 Å². The number of hydrogen-bond acceptors (Lipinski definition) is 2. The zero-order valence-electron chi connectivity index (χ0n) is 11.2. The number of carbonyl (C=O) groups is 1. The molecular weight excluding hydrogens is 212 g/mol. The molecule has 0 spiro atoms. The van der Waals surface area contributed by atoms with Gasteiger partial charge in [0.15, 0.2) is 0 Å². The van der Waals surface area contributed by atoms with Crippen LogP contribution in [-0.4, -0.2) is 19.0 Å². The minimum atomic E-state index is 0.195. The highest BCUT2D eigenvalue weighted by Gasteiger charge is 2.13. The minimum absolute atomic E-state index is 0.195. The maximum absolute atomic E-state index is 11.6. The van der Waals surface area contributed by atoms with E-state index in [4.69, 9.17) is 5.73 Å². The Bertz CT molecular complexity index is 212. The van der Waals surface area contributed by atoms with Crippen molar-refractivity contribution in [3.63, 3.8) is 0 Å². The van der Waals surface area contributed by atoms with Gasteiger partial charge in [-0.15, -0.1) is 0 Å². The van der Waals surface area contributed by atoms with Crippen molar-refractivity contribution in [1.82, 2.24) is 5.32 Å². The molecule has 3 nitrogen and oxygen atoms in total. The van der Waals surface area contributed by atoms with Gasteiger partial charge in [-0.1, -0.05) is 39.0 Å². The molecular formula is C14H28N2O. The van der Waals surface area contributed by atoms with Crippen LogP contribution in [0.2, 0.25) is 0 Å². The lowest BCUT2D eigenvalue weighted by Gasteiger charge is -2.21. The molecule has 1 amide bonds. The number of nitrogens with one attached hydrogen (secondary N) is 1. The summed E-state index contributed by atoms with van der Waals surface area (Å²) in [5, 5.41) is 3.03. The number of rotatable bonds is 7. The normalized spacial score (nSPS) is 18.9. The topological polar surface area (TPSA) is 55.1 Å². The van der Waals surface area contributed by atoms with E-state index < -0.39 is 0 Å². The number of amides is 1. The van der Waals surface area contributed by atoms with E-state index in [1.807, 2.05) is 0 Å². The maximum atomic E-state index is 11.6. The molecule has 0 bridgehead atoms. The summed E-state index contributed by atoms with van der Waals surface area (Å²) in [6.07, 6.45) is 9.59. The Kier molecular flexibility index (Phi) is 7.25. The summed E-state index contributed by atoms with van der Waals surface area (Å²) in [5.74, 6) is 1.51. The molecule has 3 N–H and O–H groups in total.